The van der Waals surface area contributed by atoms with Crippen LogP contribution < -0.4 is 5.73 Å². The molecule has 1 rings (SSSR count). The summed E-state index contributed by atoms with van der Waals surface area (Å²) in [6.07, 6.45) is 9.25. The fourth-order valence-electron chi connectivity index (χ4n) is 1.31. The van der Waals surface area contributed by atoms with Crippen LogP contribution >= 0.6 is 0 Å². The summed E-state index contributed by atoms with van der Waals surface area (Å²) in [7, 11) is 0. The lowest BCUT2D eigenvalue weighted by Crippen LogP contribution is -1.99. The molecule has 0 fully saturated rings. The number of hydrogen-bond acceptors (Lipinski definition) is 1. The van der Waals surface area contributed by atoms with Gasteiger partial charge in [-0.3, -0.25) is 0 Å². The topological polar surface area (TPSA) is 30.9 Å². The summed E-state index contributed by atoms with van der Waals surface area (Å²) in [4.78, 5) is 0. The van der Waals surface area contributed by atoms with Crippen LogP contribution in [0.25, 0.3) is 0 Å². The lowest BCUT2D eigenvalue weighted by Gasteiger charge is -2.01. The summed E-state index contributed by atoms with van der Waals surface area (Å²) in [5.41, 5.74) is 5.40. The van der Waals surface area contributed by atoms with Crippen molar-refractivity contribution in [3.63, 3.8) is 0 Å². The van der Waals surface area contributed by atoms with Crippen molar-refractivity contribution in [3.05, 3.63) is 24.5 Å². The molecule has 0 aromatic carbocycles. The number of aryl methyl sites for hydroxylation is 1. The summed E-state index contributed by atoms with van der Waals surface area (Å²) in [5.74, 6) is 0. The first-order valence-electron chi connectivity index (χ1n) is 4.74. The highest BCUT2D eigenvalue weighted by molar-refractivity contribution is 4.89. The molecule has 0 saturated heterocycles. The van der Waals surface area contributed by atoms with E-state index in [1.165, 1.54) is 25.7 Å². The van der Waals surface area contributed by atoms with Gasteiger partial charge in [0.2, 0.25) is 0 Å². The molecule has 0 aliphatic carbocycles. The van der Waals surface area contributed by atoms with Crippen molar-refractivity contribution in [2.45, 2.75) is 32.2 Å². The van der Waals surface area contributed by atoms with Gasteiger partial charge in [0.15, 0.2) is 0 Å². The maximum atomic E-state index is 5.40. The molecule has 0 radical (unpaired) electrons. The first kappa shape index (κ1) is 9.33. The van der Waals surface area contributed by atoms with E-state index in [2.05, 4.69) is 29.1 Å². The van der Waals surface area contributed by atoms with Gasteiger partial charge in [0.05, 0.1) is 0 Å². The van der Waals surface area contributed by atoms with Gasteiger partial charge in [0, 0.05) is 18.9 Å². The second kappa shape index (κ2) is 5.84. The standard InChI is InChI=1S/C10H18N2/c11-7-3-1-2-4-8-12-9-5-6-10-12/h5-6,9-10H,1-4,7-8,11H2. The monoisotopic (exact) mass is 166 g/mol. The third-order valence-electron chi connectivity index (χ3n) is 2.04. The van der Waals surface area contributed by atoms with Crippen molar-refractivity contribution >= 4 is 0 Å². The minimum absolute atomic E-state index is 0.837. The highest BCUT2D eigenvalue weighted by Gasteiger charge is 1.89. The average molecular weight is 166 g/mol. The number of nitrogens with two attached hydrogens (primary N) is 1. The highest BCUT2D eigenvalue weighted by Crippen LogP contribution is 2.01. The Morgan fingerprint density at radius 3 is 2.25 bits per heavy atom. The maximum absolute atomic E-state index is 5.40. The summed E-state index contributed by atoms with van der Waals surface area (Å²) >= 11 is 0. The van der Waals surface area contributed by atoms with Gasteiger partial charge in [0.25, 0.3) is 0 Å². The average Bonchev–Trinajstić information content (AvgIpc) is 2.57. The highest BCUT2D eigenvalue weighted by atomic mass is 14.9. The van der Waals surface area contributed by atoms with E-state index in [-0.39, 0.29) is 0 Å². The summed E-state index contributed by atoms with van der Waals surface area (Å²) in [5, 5.41) is 0. The largest absolute Gasteiger partial charge is 0.354 e. The van der Waals surface area contributed by atoms with Gasteiger partial charge in [0.1, 0.15) is 0 Å². The summed E-state index contributed by atoms with van der Waals surface area (Å²) in [6.45, 7) is 1.99. The van der Waals surface area contributed by atoms with Crippen LogP contribution in [0.15, 0.2) is 24.5 Å². The van der Waals surface area contributed by atoms with Crippen LogP contribution in [0.5, 0.6) is 0 Å². The van der Waals surface area contributed by atoms with E-state index in [9.17, 15) is 0 Å². The van der Waals surface area contributed by atoms with E-state index >= 15 is 0 Å². The van der Waals surface area contributed by atoms with Crippen molar-refractivity contribution in [1.29, 1.82) is 0 Å². The first-order chi connectivity index (χ1) is 5.93. The molecule has 0 bridgehead atoms. The normalized spacial score (nSPS) is 10.4. The third kappa shape index (κ3) is 3.58. The lowest BCUT2D eigenvalue weighted by molar-refractivity contribution is 0.576. The van der Waals surface area contributed by atoms with E-state index in [1.807, 2.05) is 0 Å². The molecule has 68 valence electrons. The number of unbranched alkanes of at least 4 members (excludes halogenated alkanes) is 3. The van der Waals surface area contributed by atoms with Crippen LogP contribution in [0.4, 0.5) is 0 Å². The third-order valence-corrected chi connectivity index (χ3v) is 2.04. The predicted molar refractivity (Wildman–Crippen MR) is 52.0 cm³/mol. The molecule has 2 N–H and O–H groups in total. The summed E-state index contributed by atoms with van der Waals surface area (Å²) in [6, 6.07) is 4.14. The molecular formula is C10H18N2. The Balaban J connectivity index is 1.96. The maximum Gasteiger partial charge on any atom is 0.0219 e. The quantitative estimate of drug-likeness (QED) is 0.644. The van der Waals surface area contributed by atoms with Crippen molar-refractivity contribution in [1.82, 2.24) is 4.57 Å². The van der Waals surface area contributed by atoms with Gasteiger partial charge in [-0.15, -0.1) is 0 Å². The second-order valence-electron chi connectivity index (χ2n) is 3.12. The molecule has 12 heavy (non-hydrogen) atoms. The number of rotatable bonds is 6. The molecular weight excluding hydrogens is 148 g/mol. The van der Waals surface area contributed by atoms with Gasteiger partial charge in [-0.1, -0.05) is 12.8 Å². The number of nitrogens with zero attached hydrogens (tertiary/aromatic N) is 1. The van der Waals surface area contributed by atoms with E-state index in [0.717, 1.165) is 13.1 Å². The zero-order chi connectivity index (χ0) is 8.65. The van der Waals surface area contributed by atoms with Crippen LogP contribution in [-0.2, 0) is 6.54 Å². The van der Waals surface area contributed by atoms with Crippen molar-refractivity contribution in [3.8, 4) is 0 Å². The fraction of sp³-hybridized carbons (Fsp3) is 0.600. The van der Waals surface area contributed by atoms with Crippen LogP contribution in [0, 0.1) is 0 Å². The van der Waals surface area contributed by atoms with E-state index in [1.54, 1.807) is 0 Å². The van der Waals surface area contributed by atoms with Gasteiger partial charge in [-0.25, -0.2) is 0 Å². The Morgan fingerprint density at radius 1 is 0.917 bits per heavy atom. The minimum Gasteiger partial charge on any atom is -0.354 e. The molecule has 0 aliphatic heterocycles. The van der Waals surface area contributed by atoms with Crippen molar-refractivity contribution < 1.29 is 0 Å². The molecule has 1 aromatic rings. The Hall–Kier alpha value is -0.760. The number of aromatic nitrogens is 1. The van der Waals surface area contributed by atoms with E-state index < -0.39 is 0 Å². The molecule has 0 aliphatic rings. The fourth-order valence-corrected chi connectivity index (χ4v) is 1.31. The smallest absolute Gasteiger partial charge is 0.0219 e. The van der Waals surface area contributed by atoms with Crippen molar-refractivity contribution in [2.75, 3.05) is 6.54 Å². The number of hydrogen-bond donors (Lipinski definition) is 1. The van der Waals surface area contributed by atoms with E-state index in [0.29, 0.717) is 0 Å². The Labute approximate surface area is 74.4 Å². The minimum atomic E-state index is 0.837. The predicted octanol–water partition coefficient (Wildman–Crippen LogP) is 2.01. The van der Waals surface area contributed by atoms with Crippen LogP contribution in [0.2, 0.25) is 0 Å². The Morgan fingerprint density at radius 2 is 1.58 bits per heavy atom. The molecule has 1 heterocycles. The van der Waals surface area contributed by atoms with Gasteiger partial charge in [-0.05, 0) is 31.5 Å². The molecule has 0 atom stereocenters. The molecule has 0 unspecified atom stereocenters. The van der Waals surface area contributed by atoms with Crippen LogP contribution in [-0.4, -0.2) is 11.1 Å². The first-order valence-corrected chi connectivity index (χ1v) is 4.74. The molecule has 0 spiro atoms. The molecule has 0 amide bonds. The zero-order valence-corrected chi connectivity index (χ0v) is 7.58. The zero-order valence-electron chi connectivity index (χ0n) is 7.58. The van der Waals surface area contributed by atoms with Crippen molar-refractivity contribution in [2.24, 2.45) is 5.73 Å². The van der Waals surface area contributed by atoms with Crippen LogP contribution in [0.3, 0.4) is 0 Å². The van der Waals surface area contributed by atoms with Gasteiger partial charge < -0.3 is 10.3 Å². The lowest BCUT2D eigenvalue weighted by atomic mass is 10.2. The second-order valence-corrected chi connectivity index (χ2v) is 3.12. The molecule has 0 saturated carbocycles. The van der Waals surface area contributed by atoms with Crippen LogP contribution in [0.1, 0.15) is 25.7 Å². The van der Waals surface area contributed by atoms with Gasteiger partial charge >= 0.3 is 0 Å². The molecule has 2 heteroatoms. The SMILES string of the molecule is NCCCCCCn1cccc1. The molecule has 2 nitrogen and oxygen atoms in total. The Kier molecular flexibility index (Phi) is 4.54. The van der Waals surface area contributed by atoms with Gasteiger partial charge in [-0.2, -0.15) is 0 Å². The summed E-state index contributed by atoms with van der Waals surface area (Å²) < 4.78 is 2.22. The van der Waals surface area contributed by atoms with E-state index in [4.69, 9.17) is 5.73 Å². The Bertz CT molecular complexity index is 180. The molecule has 1 aromatic heterocycles.